The number of anilines is 1. The summed E-state index contributed by atoms with van der Waals surface area (Å²) in [5, 5.41) is 13.3. The maximum atomic E-state index is 11.8. The molecule has 2 heterocycles. The third-order valence-corrected chi connectivity index (χ3v) is 2.64. The van der Waals surface area contributed by atoms with Crippen LogP contribution in [0.1, 0.15) is 10.5 Å². The Balaban J connectivity index is 1.75. The van der Waals surface area contributed by atoms with E-state index in [1.165, 1.54) is 6.20 Å². The molecule has 1 amide bonds. The Bertz CT molecular complexity index is 656. The van der Waals surface area contributed by atoms with E-state index in [9.17, 15) is 4.79 Å². The molecule has 3 aromatic rings. The van der Waals surface area contributed by atoms with Crippen LogP contribution >= 0.6 is 0 Å². The maximum Gasteiger partial charge on any atom is 0.273 e. The Morgan fingerprint density at radius 2 is 2.00 bits per heavy atom. The van der Waals surface area contributed by atoms with Gasteiger partial charge in [0.25, 0.3) is 5.91 Å². The summed E-state index contributed by atoms with van der Waals surface area (Å²) in [7, 11) is 0. The molecule has 0 fully saturated rings. The Hall–Kier alpha value is -2.89. The number of amides is 1. The number of nitrogens with zero attached hydrogens (tertiary/aromatic N) is 3. The predicted molar refractivity (Wildman–Crippen MR) is 70.1 cm³/mol. The van der Waals surface area contributed by atoms with Crippen molar-refractivity contribution in [3.63, 3.8) is 0 Å². The molecule has 0 saturated carbocycles. The molecule has 2 N–H and O–H groups in total. The molecule has 2 aromatic heterocycles. The third kappa shape index (κ3) is 2.37. The molecule has 6 nitrogen and oxygen atoms in total. The summed E-state index contributed by atoms with van der Waals surface area (Å²) in [5.74, 6) is -0.218. The van der Waals surface area contributed by atoms with Gasteiger partial charge in [0.2, 0.25) is 0 Å². The first-order chi connectivity index (χ1) is 9.33. The van der Waals surface area contributed by atoms with Crippen LogP contribution < -0.4 is 5.32 Å². The molecular weight excluding hydrogens is 242 g/mol. The second-order valence-corrected chi connectivity index (χ2v) is 3.92. The quantitative estimate of drug-likeness (QED) is 0.748. The smallest absolute Gasteiger partial charge is 0.273 e. The van der Waals surface area contributed by atoms with Gasteiger partial charge in [-0.2, -0.15) is 10.2 Å². The number of benzene rings is 1. The monoisotopic (exact) mass is 253 g/mol. The lowest BCUT2D eigenvalue weighted by Gasteiger charge is -2.05. The standard InChI is InChI=1S/C13H11N5O/c19-13(12-6-8-14-17-12)16-10-2-4-11(5-3-10)18-9-1-7-15-18/h1-9H,(H,14,17)(H,16,19). The summed E-state index contributed by atoms with van der Waals surface area (Å²) >= 11 is 0. The number of aromatic nitrogens is 4. The molecule has 0 unspecified atom stereocenters. The van der Waals surface area contributed by atoms with E-state index in [1.54, 1.807) is 16.9 Å². The number of hydrogen-bond acceptors (Lipinski definition) is 3. The number of H-pyrrole nitrogens is 1. The van der Waals surface area contributed by atoms with Crippen LogP contribution in [0.25, 0.3) is 5.69 Å². The first kappa shape index (κ1) is 11.2. The highest BCUT2D eigenvalue weighted by atomic mass is 16.1. The molecule has 0 spiro atoms. The van der Waals surface area contributed by atoms with E-state index in [2.05, 4.69) is 20.6 Å². The molecule has 0 aliphatic heterocycles. The van der Waals surface area contributed by atoms with Crippen LogP contribution in [0.2, 0.25) is 0 Å². The first-order valence-corrected chi connectivity index (χ1v) is 5.74. The summed E-state index contributed by atoms with van der Waals surface area (Å²) in [6.45, 7) is 0. The van der Waals surface area contributed by atoms with Crippen molar-refractivity contribution in [3.05, 3.63) is 60.7 Å². The zero-order valence-electron chi connectivity index (χ0n) is 9.95. The Morgan fingerprint density at radius 3 is 2.63 bits per heavy atom. The molecule has 6 heteroatoms. The SMILES string of the molecule is O=C(Nc1ccc(-n2cccn2)cc1)c1ccn[nH]1. The van der Waals surface area contributed by atoms with E-state index in [1.807, 2.05) is 36.5 Å². The van der Waals surface area contributed by atoms with Gasteiger partial charge >= 0.3 is 0 Å². The Labute approximate surface area is 109 Å². The van der Waals surface area contributed by atoms with Crippen molar-refractivity contribution in [1.82, 2.24) is 20.0 Å². The van der Waals surface area contributed by atoms with Crippen molar-refractivity contribution in [1.29, 1.82) is 0 Å². The summed E-state index contributed by atoms with van der Waals surface area (Å²) in [4.78, 5) is 11.8. The van der Waals surface area contributed by atoms with Crippen LogP contribution in [0.4, 0.5) is 5.69 Å². The molecule has 3 rings (SSSR count). The molecule has 0 radical (unpaired) electrons. The number of nitrogens with one attached hydrogen (secondary N) is 2. The van der Waals surface area contributed by atoms with E-state index in [0.717, 1.165) is 11.4 Å². The zero-order chi connectivity index (χ0) is 13.1. The summed E-state index contributed by atoms with van der Waals surface area (Å²) in [6.07, 6.45) is 5.11. The Morgan fingerprint density at radius 1 is 1.16 bits per heavy atom. The number of rotatable bonds is 3. The van der Waals surface area contributed by atoms with Gasteiger partial charge in [-0.3, -0.25) is 9.89 Å². The summed E-state index contributed by atoms with van der Waals surface area (Å²) < 4.78 is 1.75. The second-order valence-electron chi connectivity index (χ2n) is 3.92. The van der Waals surface area contributed by atoms with Crippen LogP contribution in [0.15, 0.2) is 55.0 Å². The molecule has 0 atom stereocenters. The molecule has 0 bridgehead atoms. The van der Waals surface area contributed by atoms with Gasteiger partial charge in [0.15, 0.2) is 0 Å². The molecule has 0 saturated heterocycles. The molecular formula is C13H11N5O. The van der Waals surface area contributed by atoms with Crippen molar-refractivity contribution in [2.45, 2.75) is 0 Å². The minimum atomic E-state index is -0.218. The fourth-order valence-corrected chi connectivity index (χ4v) is 1.70. The average Bonchev–Trinajstić information content (AvgIpc) is 3.13. The number of carbonyl (C=O) groups excluding carboxylic acids is 1. The molecule has 0 aliphatic carbocycles. The van der Waals surface area contributed by atoms with Gasteiger partial charge < -0.3 is 5.32 Å². The summed E-state index contributed by atoms with van der Waals surface area (Å²) in [5.41, 5.74) is 2.08. The van der Waals surface area contributed by atoms with Gasteiger partial charge in [0, 0.05) is 24.3 Å². The third-order valence-electron chi connectivity index (χ3n) is 2.64. The maximum absolute atomic E-state index is 11.8. The second kappa shape index (κ2) is 4.77. The van der Waals surface area contributed by atoms with E-state index >= 15 is 0 Å². The lowest BCUT2D eigenvalue weighted by atomic mass is 10.2. The normalized spacial score (nSPS) is 10.3. The van der Waals surface area contributed by atoms with E-state index in [-0.39, 0.29) is 5.91 Å². The van der Waals surface area contributed by atoms with Crippen LogP contribution in [0, 0.1) is 0 Å². The van der Waals surface area contributed by atoms with Crippen molar-refractivity contribution >= 4 is 11.6 Å². The largest absolute Gasteiger partial charge is 0.321 e. The highest BCUT2D eigenvalue weighted by Crippen LogP contribution is 2.13. The molecule has 0 aliphatic rings. The van der Waals surface area contributed by atoms with Crippen LogP contribution in [0.3, 0.4) is 0 Å². The number of aromatic amines is 1. The van der Waals surface area contributed by atoms with Gasteiger partial charge in [-0.1, -0.05) is 0 Å². The van der Waals surface area contributed by atoms with Crippen LogP contribution in [-0.2, 0) is 0 Å². The molecule has 94 valence electrons. The van der Waals surface area contributed by atoms with E-state index in [4.69, 9.17) is 0 Å². The van der Waals surface area contributed by atoms with Gasteiger partial charge in [0.05, 0.1) is 5.69 Å². The molecule has 19 heavy (non-hydrogen) atoms. The van der Waals surface area contributed by atoms with Crippen LogP contribution in [0.5, 0.6) is 0 Å². The number of carbonyl (C=O) groups is 1. The van der Waals surface area contributed by atoms with Gasteiger partial charge in [-0.05, 0) is 36.4 Å². The van der Waals surface area contributed by atoms with Crippen molar-refractivity contribution in [2.75, 3.05) is 5.32 Å². The highest BCUT2D eigenvalue weighted by molar-refractivity contribution is 6.02. The fourth-order valence-electron chi connectivity index (χ4n) is 1.70. The van der Waals surface area contributed by atoms with E-state index < -0.39 is 0 Å². The van der Waals surface area contributed by atoms with Crippen LogP contribution in [-0.4, -0.2) is 25.9 Å². The predicted octanol–water partition coefficient (Wildman–Crippen LogP) is 1.85. The minimum Gasteiger partial charge on any atom is -0.321 e. The Kier molecular flexibility index (Phi) is 2.82. The van der Waals surface area contributed by atoms with Crippen molar-refractivity contribution in [3.8, 4) is 5.69 Å². The fraction of sp³-hybridized carbons (Fsp3) is 0. The summed E-state index contributed by atoms with van der Waals surface area (Å²) in [6, 6.07) is 10.9. The van der Waals surface area contributed by atoms with Crippen molar-refractivity contribution < 1.29 is 4.79 Å². The van der Waals surface area contributed by atoms with Crippen molar-refractivity contribution in [2.24, 2.45) is 0 Å². The minimum absolute atomic E-state index is 0.218. The van der Waals surface area contributed by atoms with E-state index in [0.29, 0.717) is 5.69 Å². The topological polar surface area (TPSA) is 75.6 Å². The zero-order valence-corrected chi connectivity index (χ0v) is 9.95. The highest BCUT2D eigenvalue weighted by Gasteiger charge is 2.06. The van der Waals surface area contributed by atoms with Gasteiger partial charge in [-0.25, -0.2) is 4.68 Å². The average molecular weight is 253 g/mol. The van der Waals surface area contributed by atoms with Gasteiger partial charge in [0.1, 0.15) is 5.69 Å². The molecule has 1 aromatic carbocycles. The lowest BCUT2D eigenvalue weighted by molar-refractivity contribution is 0.102. The van der Waals surface area contributed by atoms with Gasteiger partial charge in [-0.15, -0.1) is 0 Å². The lowest BCUT2D eigenvalue weighted by Crippen LogP contribution is -2.12. The number of hydrogen-bond donors (Lipinski definition) is 2. The first-order valence-electron chi connectivity index (χ1n) is 5.74.